The van der Waals surface area contributed by atoms with Gasteiger partial charge in [0.15, 0.2) is 5.03 Å². The average molecular weight is 303 g/mol. The lowest BCUT2D eigenvalue weighted by Crippen LogP contribution is -2.26. The van der Waals surface area contributed by atoms with Gasteiger partial charge in [-0.1, -0.05) is 0 Å². The first-order valence-corrected chi connectivity index (χ1v) is 9.17. The van der Waals surface area contributed by atoms with Gasteiger partial charge in [0, 0.05) is 19.3 Å². The molecule has 0 aromatic carbocycles. The molecule has 1 aromatic rings. The van der Waals surface area contributed by atoms with Gasteiger partial charge in [0.25, 0.3) is 10.0 Å². The van der Waals surface area contributed by atoms with Crippen LogP contribution in [0.3, 0.4) is 0 Å². The molecule has 0 atom stereocenters. The molecule has 0 spiro atoms. The molecule has 1 heterocycles. The molecule has 0 saturated heterocycles. The van der Waals surface area contributed by atoms with E-state index in [9.17, 15) is 8.42 Å². The normalized spacial score (nSPS) is 11.5. The minimum Gasteiger partial charge on any atom is -0.383 e. The lowest BCUT2D eigenvalue weighted by molar-refractivity contribution is 0.575. The van der Waals surface area contributed by atoms with Gasteiger partial charge in [-0.25, -0.2) is 18.1 Å². The Morgan fingerprint density at radius 3 is 2.84 bits per heavy atom. The Morgan fingerprint density at radius 1 is 1.37 bits per heavy atom. The minimum absolute atomic E-state index is 0.0710. The zero-order valence-corrected chi connectivity index (χ0v) is 13.0. The Morgan fingerprint density at radius 2 is 2.16 bits per heavy atom. The van der Waals surface area contributed by atoms with E-state index in [2.05, 4.69) is 15.0 Å². The van der Waals surface area contributed by atoms with E-state index in [4.69, 9.17) is 0 Å². The predicted molar refractivity (Wildman–Crippen MR) is 81.2 cm³/mol. The van der Waals surface area contributed by atoms with Gasteiger partial charge in [0.1, 0.15) is 0 Å². The van der Waals surface area contributed by atoms with Crippen molar-refractivity contribution in [3.63, 3.8) is 0 Å². The third-order valence-corrected chi connectivity index (χ3v) is 4.58. The molecule has 7 heteroatoms. The van der Waals surface area contributed by atoms with E-state index in [0.29, 0.717) is 18.8 Å². The van der Waals surface area contributed by atoms with Crippen molar-refractivity contribution in [2.75, 3.05) is 30.4 Å². The second kappa shape index (κ2) is 8.39. The van der Waals surface area contributed by atoms with Crippen molar-refractivity contribution < 1.29 is 8.42 Å². The van der Waals surface area contributed by atoms with E-state index in [1.165, 1.54) is 6.20 Å². The molecule has 0 aliphatic rings. The summed E-state index contributed by atoms with van der Waals surface area (Å²) in [7, 11) is -3.53. The molecular weight excluding hydrogens is 282 g/mol. The summed E-state index contributed by atoms with van der Waals surface area (Å²) in [5, 5.41) is 3.08. The molecule has 1 aromatic heterocycles. The Bertz CT molecular complexity index is 478. The van der Waals surface area contributed by atoms with Crippen molar-refractivity contribution in [1.29, 1.82) is 0 Å². The number of nitrogens with zero attached hydrogens (tertiary/aromatic N) is 1. The van der Waals surface area contributed by atoms with Crippen LogP contribution in [0.2, 0.25) is 0 Å². The van der Waals surface area contributed by atoms with Gasteiger partial charge in [-0.15, -0.1) is 0 Å². The van der Waals surface area contributed by atoms with Crippen LogP contribution in [-0.2, 0) is 10.0 Å². The topological polar surface area (TPSA) is 71.1 Å². The fourth-order valence-corrected chi connectivity index (χ4v) is 3.25. The van der Waals surface area contributed by atoms with Gasteiger partial charge in [-0.2, -0.15) is 11.8 Å². The molecule has 5 nitrogen and oxygen atoms in total. The zero-order valence-electron chi connectivity index (χ0n) is 11.3. The number of hydrogen-bond donors (Lipinski definition) is 2. The zero-order chi connectivity index (χ0) is 14.1. The fourth-order valence-electron chi connectivity index (χ4n) is 1.58. The summed E-state index contributed by atoms with van der Waals surface area (Å²) < 4.78 is 26.9. The smallest absolute Gasteiger partial charge is 0.260 e. The van der Waals surface area contributed by atoms with Crippen molar-refractivity contribution in [3.05, 3.63) is 18.3 Å². The van der Waals surface area contributed by atoms with Crippen LogP contribution in [-0.4, -0.2) is 38.5 Å². The van der Waals surface area contributed by atoms with E-state index < -0.39 is 10.0 Å². The van der Waals surface area contributed by atoms with Crippen LogP contribution in [0.1, 0.15) is 19.8 Å². The molecule has 2 N–H and O–H groups in total. The maximum Gasteiger partial charge on any atom is 0.260 e. The van der Waals surface area contributed by atoms with E-state index in [1.54, 1.807) is 23.9 Å². The molecule has 0 unspecified atom stereocenters. The second-order valence-electron chi connectivity index (χ2n) is 3.98. The van der Waals surface area contributed by atoms with E-state index >= 15 is 0 Å². The quantitative estimate of drug-likeness (QED) is 0.682. The summed E-state index contributed by atoms with van der Waals surface area (Å²) >= 11 is 1.77. The SMILES string of the molecule is CCNc1cccnc1S(=O)(=O)NCCCCSC. The fraction of sp³-hybridized carbons (Fsp3) is 0.583. The molecule has 1 rings (SSSR count). The number of pyridine rings is 1. The van der Waals surface area contributed by atoms with Crippen LogP contribution in [0.25, 0.3) is 0 Å². The van der Waals surface area contributed by atoms with Crippen LogP contribution in [0, 0.1) is 0 Å². The lowest BCUT2D eigenvalue weighted by Gasteiger charge is -2.10. The molecule has 19 heavy (non-hydrogen) atoms. The molecule has 0 aliphatic heterocycles. The first-order chi connectivity index (χ1) is 9.11. The third kappa shape index (κ3) is 5.38. The Hall–Kier alpha value is -0.790. The summed E-state index contributed by atoms with van der Waals surface area (Å²) in [5.74, 6) is 1.05. The number of thioether (sulfide) groups is 1. The highest BCUT2D eigenvalue weighted by Gasteiger charge is 2.18. The highest BCUT2D eigenvalue weighted by Crippen LogP contribution is 2.17. The predicted octanol–water partition coefficient (Wildman–Crippen LogP) is 1.93. The second-order valence-corrected chi connectivity index (χ2v) is 6.65. The van der Waals surface area contributed by atoms with Gasteiger partial charge in [0.05, 0.1) is 5.69 Å². The minimum atomic E-state index is -3.53. The number of unbranched alkanes of at least 4 members (excludes halogenated alkanes) is 1. The molecule has 0 saturated carbocycles. The Balaban J connectivity index is 2.66. The van der Waals surface area contributed by atoms with Crippen molar-refractivity contribution >= 4 is 27.5 Å². The number of rotatable bonds is 9. The number of nitrogens with one attached hydrogen (secondary N) is 2. The van der Waals surface area contributed by atoms with E-state index in [0.717, 1.165) is 18.6 Å². The van der Waals surface area contributed by atoms with Gasteiger partial charge in [0.2, 0.25) is 0 Å². The monoisotopic (exact) mass is 303 g/mol. The van der Waals surface area contributed by atoms with Gasteiger partial charge in [-0.3, -0.25) is 0 Å². The summed E-state index contributed by atoms with van der Waals surface area (Å²) in [6, 6.07) is 3.44. The Kier molecular flexibility index (Phi) is 7.19. The number of aromatic nitrogens is 1. The van der Waals surface area contributed by atoms with Gasteiger partial charge in [-0.05, 0) is 43.9 Å². The summed E-state index contributed by atoms with van der Waals surface area (Å²) in [6.07, 6.45) is 5.37. The number of anilines is 1. The Labute approximate surface area is 119 Å². The van der Waals surface area contributed by atoms with Gasteiger partial charge >= 0.3 is 0 Å². The molecule has 0 bridgehead atoms. The average Bonchev–Trinajstić information content (AvgIpc) is 2.39. The van der Waals surface area contributed by atoms with Crippen molar-refractivity contribution in [2.45, 2.75) is 24.8 Å². The van der Waals surface area contributed by atoms with Crippen molar-refractivity contribution in [2.24, 2.45) is 0 Å². The van der Waals surface area contributed by atoms with Gasteiger partial charge < -0.3 is 5.32 Å². The van der Waals surface area contributed by atoms with Crippen molar-refractivity contribution in [1.82, 2.24) is 9.71 Å². The highest BCUT2D eigenvalue weighted by molar-refractivity contribution is 7.98. The van der Waals surface area contributed by atoms with Crippen LogP contribution >= 0.6 is 11.8 Å². The van der Waals surface area contributed by atoms with Crippen LogP contribution in [0.5, 0.6) is 0 Å². The molecule has 0 fully saturated rings. The van der Waals surface area contributed by atoms with Crippen LogP contribution < -0.4 is 10.0 Å². The molecule has 0 aliphatic carbocycles. The number of hydrogen-bond acceptors (Lipinski definition) is 5. The first kappa shape index (κ1) is 16.3. The molecular formula is C12H21N3O2S2. The molecule has 0 amide bonds. The lowest BCUT2D eigenvalue weighted by atomic mass is 10.3. The summed E-state index contributed by atoms with van der Waals surface area (Å²) in [5.41, 5.74) is 0.543. The van der Waals surface area contributed by atoms with Crippen LogP contribution in [0.15, 0.2) is 23.4 Å². The molecule has 108 valence electrons. The summed E-state index contributed by atoms with van der Waals surface area (Å²) in [6.45, 7) is 3.02. The maximum absolute atomic E-state index is 12.1. The van der Waals surface area contributed by atoms with E-state index in [-0.39, 0.29) is 5.03 Å². The van der Waals surface area contributed by atoms with E-state index in [1.807, 2.05) is 13.2 Å². The molecule has 0 radical (unpaired) electrons. The number of sulfonamides is 1. The highest BCUT2D eigenvalue weighted by atomic mass is 32.2. The largest absolute Gasteiger partial charge is 0.383 e. The first-order valence-electron chi connectivity index (χ1n) is 6.29. The maximum atomic E-state index is 12.1. The standard InChI is InChI=1S/C12H21N3O2S2/c1-3-13-11-7-6-8-14-12(11)19(16,17)15-9-4-5-10-18-2/h6-8,13,15H,3-5,9-10H2,1-2H3. The van der Waals surface area contributed by atoms with Crippen LogP contribution in [0.4, 0.5) is 5.69 Å². The van der Waals surface area contributed by atoms with Crippen molar-refractivity contribution in [3.8, 4) is 0 Å². The third-order valence-electron chi connectivity index (χ3n) is 2.46. The summed E-state index contributed by atoms with van der Waals surface area (Å²) in [4.78, 5) is 3.97.